The van der Waals surface area contributed by atoms with Crippen molar-refractivity contribution in [3.63, 3.8) is 0 Å². The van der Waals surface area contributed by atoms with Crippen LogP contribution in [0.3, 0.4) is 0 Å². The number of amides is 4. The molecular formula is C26H35FN4O3. The molecule has 4 bridgehead atoms. The van der Waals surface area contributed by atoms with E-state index in [1.807, 2.05) is 0 Å². The van der Waals surface area contributed by atoms with Crippen LogP contribution in [0.5, 0.6) is 0 Å². The van der Waals surface area contributed by atoms with Crippen molar-refractivity contribution in [2.24, 2.45) is 28.4 Å². The van der Waals surface area contributed by atoms with Gasteiger partial charge in [0.05, 0.1) is 11.6 Å². The highest BCUT2D eigenvalue weighted by Crippen LogP contribution is 2.66. The lowest BCUT2D eigenvalue weighted by Crippen LogP contribution is -2.65. The third-order valence-electron chi connectivity index (χ3n) is 8.58. The Bertz CT molecular complexity index is 1020. The predicted octanol–water partition coefficient (Wildman–Crippen LogP) is 4.03. The van der Waals surface area contributed by atoms with Gasteiger partial charge < -0.3 is 21.3 Å². The molecule has 6 rings (SSSR count). The first-order chi connectivity index (χ1) is 16.0. The Morgan fingerprint density at radius 2 is 1.79 bits per heavy atom. The Morgan fingerprint density at radius 1 is 1.09 bits per heavy atom. The number of urea groups is 1. The van der Waals surface area contributed by atoms with E-state index in [0.29, 0.717) is 25.3 Å². The van der Waals surface area contributed by atoms with Gasteiger partial charge in [0, 0.05) is 24.2 Å². The SMILES string of the molecule is CC12CC3CC(C)(C1)CC(NC(=O)Nc1ccc(C(=O)N4CCCC(C(N)=O)C4)cc1F)(C3)C2. The topological polar surface area (TPSA) is 105 Å². The maximum atomic E-state index is 14.9. The second-order valence-corrected chi connectivity index (χ2v) is 12.2. The molecule has 1 saturated heterocycles. The average molecular weight is 471 g/mol. The standard InChI is InChI=1S/C26H35FN4O3/c1-24-9-16-10-25(2,13-24)15-26(11-16,14-24)30-23(34)29-20-6-5-17(8-19(20)27)22(33)31-7-3-4-18(12-31)21(28)32/h5-6,8,16,18H,3-4,7,9-15H2,1-2H3,(H2,28,32)(H2,29,30,34). The second kappa shape index (κ2) is 7.95. The van der Waals surface area contributed by atoms with Crippen LogP contribution in [0.4, 0.5) is 14.9 Å². The molecule has 0 aromatic heterocycles. The number of piperidine rings is 1. The van der Waals surface area contributed by atoms with E-state index in [1.165, 1.54) is 31.4 Å². The Balaban J connectivity index is 1.25. The molecule has 4 saturated carbocycles. The highest BCUT2D eigenvalue weighted by Gasteiger charge is 2.60. The number of nitrogens with one attached hydrogen (secondary N) is 2. The number of hydrogen-bond acceptors (Lipinski definition) is 3. The molecule has 1 aromatic carbocycles. The molecule has 3 atom stereocenters. The largest absolute Gasteiger partial charge is 0.369 e. The number of nitrogens with zero attached hydrogens (tertiary/aromatic N) is 1. The zero-order chi connectivity index (χ0) is 24.3. The van der Waals surface area contributed by atoms with Crippen LogP contribution in [0.1, 0.15) is 75.6 Å². The quantitative estimate of drug-likeness (QED) is 0.619. The number of benzene rings is 1. The van der Waals surface area contributed by atoms with Crippen LogP contribution >= 0.6 is 0 Å². The summed E-state index contributed by atoms with van der Waals surface area (Å²) >= 11 is 0. The van der Waals surface area contributed by atoms with E-state index in [2.05, 4.69) is 24.5 Å². The van der Waals surface area contributed by atoms with Crippen LogP contribution in [0.2, 0.25) is 0 Å². The number of likely N-dealkylation sites (tertiary alicyclic amines) is 1. The number of carbonyl (C=O) groups excluding carboxylic acids is 3. The second-order valence-electron chi connectivity index (χ2n) is 12.2. The fourth-order valence-electron chi connectivity index (χ4n) is 8.31. The number of nitrogens with two attached hydrogens (primary N) is 1. The number of rotatable bonds is 4. The Hall–Kier alpha value is -2.64. The van der Waals surface area contributed by atoms with Crippen molar-refractivity contribution in [2.45, 2.75) is 70.8 Å². The predicted molar refractivity (Wildman–Crippen MR) is 127 cm³/mol. The van der Waals surface area contributed by atoms with Gasteiger partial charge in [-0.05, 0) is 86.3 Å². The van der Waals surface area contributed by atoms with Gasteiger partial charge in [-0.15, -0.1) is 0 Å². The van der Waals surface area contributed by atoms with E-state index in [0.717, 1.165) is 25.3 Å². The molecule has 1 aromatic rings. The summed E-state index contributed by atoms with van der Waals surface area (Å²) in [5.74, 6) is -1.15. The summed E-state index contributed by atoms with van der Waals surface area (Å²) in [6.07, 6.45) is 7.94. The summed E-state index contributed by atoms with van der Waals surface area (Å²) in [4.78, 5) is 38.8. The first-order valence-corrected chi connectivity index (χ1v) is 12.4. The van der Waals surface area contributed by atoms with E-state index < -0.39 is 17.8 Å². The molecule has 5 fully saturated rings. The summed E-state index contributed by atoms with van der Waals surface area (Å²) in [6, 6.07) is 3.70. The monoisotopic (exact) mass is 470 g/mol. The zero-order valence-electron chi connectivity index (χ0n) is 20.1. The fraction of sp³-hybridized carbons (Fsp3) is 0.654. The van der Waals surface area contributed by atoms with Gasteiger partial charge in [-0.2, -0.15) is 0 Å². The van der Waals surface area contributed by atoms with Gasteiger partial charge in [0.2, 0.25) is 5.91 Å². The molecule has 184 valence electrons. The van der Waals surface area contributed by atoms with Gasteiger partial charge in [0.15, 0.2) is 0 Å². The molecule has 1 aliphatic heterocycles. The highest BCUT2D eigenvalue weighted by molar-refractivity contribution is 5.96. The number of carbonyl (C=O) groups is 3. The first-order valence-electron chi connectivity index (χ1n) is 12.4. The minimum atomic E-state index is -0.658. The molecule has 4 amide bonds. The van der Waals surface area contributed by atoms with Gasteiger partial charge in [-0.1, -0.05) is 13.8 Å². The molecule has 1 heterocycles. The lowest BCUT2D eigenvalue weighted by atomic mass is 9.43. The Morgan fingerprint density at radius 3 is 2.41 bits per heavy atom. The van der Waals surface area contributed by atoms with E-state index in [-0.39, 0.29) is 46.0 Å². The smallest absolute Gasteiger partial charge is 0.319 e. The van der Waals surface area contributed by atoms with Crippen LogP contribution in [-0.2, 0) is 4.79 Å². The van der Waals surface area contributed by atoms with E-state index >= 15 is 0 Å². The fourth-order valence-corrected chi connectivity index (χ4v) is 8.31. The molecule has 4 aliphatic carbocycles. The maximum absolute atomic E-state index is 14.9. The first kappa shape index (κ1) is 23.1. The minimum Gasteiger partial charge on any atom is -0.369 e. The van der Waals surface area contributed by atoms with Crippen LogP contribution in [0.25, 0.3) is 0 Å². The molecule has 3 unspecified atom stereocenters. The molecular weight excluding hydrogens is 435 g/mol. The molecule has 34 heavy (non-hydrogen) atoms. The minimum absolute atomic E-state index is 0.0462. The van der Waals surface area contributed by atoms with Gasteiger partial charge in [0.1, 0.15) is 5.82 Å². The summed E-state index contributed by atoms with van der Waals surface area (Å²) in [7, 11) is 0. The van der Waals surface area contributed by atoms with Gasteiger partial charge >= 0.3 is 6.03 Å². The summed E-state index contributed by atoms with van der Waals surface area (Å²) in [5.41, 5.74) is 5.92. The van der Waals surface area contributed by atoms with Crippen molar-refractivity contribution in [3.8, 4) is 0 Å². The highest BCUT2D eigenvalue weighted by atomic mass is 19.1. The zero-order valence-corrected chi connectivity index (χ0v) is 20.1. The molecule has 5 aliphatic rings. The molecule has 8 heteroatoms. The number of hydrogen-bond donors (Lipinski definition) is 3. The summed E-state index contributed by atoms with van der Waals surface area (Å²) in [5, 5.41) is 5.89. The maximum Gasteiger partial charge on any atom is 0.319 e. The van der Waals surface area contributed by atoms with Crippen LogP contribution in [-0.4, -0.2) is 41.4 Å². The van der Waals surface area contributed by atoms with Crippen molar-refractivity contribution in [3.05, 3.63) is 29.6 Å². The van der Waals surface area contributed by atoms with Crippen molar-refractivity contribution < 1.29 is 18.8 Å². The van der Waals surface area contributed by atoms with Gasteiger partial charge in [-0.25, -0.2) is 9.18 Å². The Kier molecular flexibility index (Phi) is 5.41. The Labute approximate surface area is 200 Å². The van der Waals surface area contributed by atoms with Crippen molar-refractivity contribution in [1.82, 2.24) is 10.2 Å². The van der Waals surface area contributed by atoms with Crippen LogP contribution in [0, 0.1) is 28.5 Å². The molecule has 4 N–H and O–H groups in total. The van der Waals surface area contributed by atoms with Gasteiger partial charge in [-0.3, -0.25) is 9.59 Å². The number of anilines is 1. The molecule has 0 radical (unpaired) electrons. The third-order valence-corrected chi connectivity index (χ3v) is 8.58. The van der Waals surface area contributed by atoms with Crippen molar-refractivity contribution in [2.75, 3.05) is 18.4 Å². The normalized spacial score (nSPS) is 36.3. The lowest BCUT2D eigenvalue weighted by Gasteiger charge is -2.65. The van der Waals surface area contributed by atoms with Gasteiger partial charge in [0.25, 0.3) is 5.91 Å². The molecule has 7 nitrogen and oxygen atoms in total. The van der Waals surface area contributed by atoms with Crippen molar-refractivity contribution >= 4 is 23.5 Å². The summed E-state index contributed by atoms with van der Waals surface area (Å²) in [6.45, 7) is 5.44. The van der Waals surface area contributed by atoms with E-state index in [1.54, 1.807) is 4.90 Å². The summed E-state index contributed by atoms with van der Waals surface area (Å²) < 4.78 is 14.9. The lowest BCUT2D eigenvalue weighted by molar-refractivity contribution is -0.123. The van der Waals surface area contributed by atoms with Crippen LogP contribution in [0.15, 0.2) is 18.2 Å². The van der Waals surface area contributed by atoms with Crippen LogP contribution < -0.4 is 16.4 Å². The van der Waals surface area contributed by atoms with E-state index in [9.17, 15) is 18.8 Å². The number of primary amides is 1. The van der Waals surface area contributed by atoms with E-state index in [4.69, 9.17) is 5.73 Å². The number of halogens is 1. The average Bonchev–Trinajstić information content (AvgIpc) is 2.71. The van der Waals surface area contributed by atoms with Crippen molar-refractivity contribution in [1.29, 1.82) is 0 Å². The molecule has 0 spiro atoms. The third kappa shape index (κ3) is 4.27.